The van der Waals surface area contributed by atoms with Crippen molar-refractivity contribution in [3.63, 3.8) is 0 Å². The van der Waals surface area contributed by atoms with Gasteiger partial charge in [-0.2, -0.15) is 0 Å². The van der Waals surface area contributed by atoms with Gasteiger partial charge < -0.3 is 19.9 Å². The molecule has 0 aliphatic carbocycles. The maximum absolute atomic E-state index is 12.5. The molecule has 6 heteroatoms. The second kappa shape index (κ2) is 9.45. The monoisotopic (exact) mass is 395 g/mol. The summed E-state index contributed by atoms with van der Waals surface area (Å²) in [5, 5.41) is 2.93. The Morgan fingerprint density at radius 2 is 1.59 bits per heavy atom. The zero-order chi connectivity index (χ0) is 20.8. The van der Waals surface area contributed by atoms with Crippen LogP contribution in [0.3, 0.4) is 0 Å². The van der Waals surface area contributed by atoms with Gasteiger partial charge in [0, 0.05) is 49.5 Å². The van der Waals surface area contributed by atoms with Gasteiger partial charge >= 0.3 is 0 Å². The van der Waals surface area contributed by atoms with E-state index in [1.54, 1.807) is 24.3 Å². The average molecular weight is 396 g/mol. The van der Waals surface area contributed by atoms with E-state index in [4.69, 9.17) is 4.74 Å². The van der Waals surface area contributed by atoms with Gasteiger partial charge in [-0.1, -0.05) is 6.92 Å². The van der Waals surface area contributed by atoms with Crippen LogP contribution in [0.2, 0.25) is 0 Å². The zero-order valence-electron chi connectivity index (χ0n) is 17.4. The van der Waals surface area contributed by atoms with Gasteiger partial charge in [-0.15, -0.1) is 0 Å². The van der Waals surface area contributed by atoms with Crippen molar-refractivity contribution in [1.29, 1.82) is 0 Å². The van der Waals surface area contributed by atoms with Crippen molar-refractivity contribution in [3.05, 3.63) is 54.1 Å². The molecule has 0 aromatic heterocycles. The second-order valence-corrected chi connectivity index (χ2v) is 7.41. The summed E-state index contributed by atoms with van der Waals surface area (Å²) in [5.74, 6) is 0.814. The van der Waals surface area contributed by atoms with Gasteiger partial charge in [0.25, 0.3) is 5.91 Å². The van der Waals surface area contributed by atoms with Gasteiger partial charge in [-0.05, 0) is 62.4 Å². The third-order valence-electron chi connectivity index (χ3n) is 4.91. The highest BCUT2D eigenvalue weighted by atomic mass is 16.5. The minimum Gasteiger partial charge on any atom is -0.491 e. The molecule has 1 saturated heterocycles. The first-order valence-corrected chi connectivity index (χ1v) is 10.2. The second-order valence-electron chi connectivity index (χ2n) is 7.41. The van der Waals surface area contributed by atoms with E-state index in [0.29, 0.717) is 12.0 Å². The molecule has 6 nitrogen and oxygen atoms in total. The first-order chi connectivity index (χ1) is 14.0. The summed E-state index contributed by atoms with van der Waals surface area (Å²) in [5.41, 5.74) is 2.43. The number of carbonyl (C=O) groups is 2. The fourth-order valence-electron chi connectivity index (χ4n) is 3.35. The lowest BCUT2D eigenvalue weighted by molar-refractivity contribution is -0.131. The molecule has 0 bridgehead atoms. The predicted octanol–water partition coefficient (Wildman–Crippen LogP) is 3.78. The number of benzene rings is 2. The normalized spacial score (nSPS) is 14.1. The smallest absolute Gasteiger partial charge is 0.255 e. The van der Waals surface area contributed by atoms with E-state index in [-0.39, 0.29) is 17.9 Å². The molecule has 29 heavy (non-hydrogen) atoms. The van der Waals surface area contributed by atoms with Crippen molar-refractivity contribution < 1.29 is 14.3 Å². The Labute approximate surface area is 172 Å². The average Bonchev–Trinajstić information content (AvgIpc) is 2.74. The van der Waals surface area contributed by atoms with Crippen LogP contribution in [-0.2, 0) is 4.79 Å². The van der Waals surface area contributed by atoms with Crippen molar-refractivity contribution in [2.45, 2.75) is 33.3 Å². The van der Waals surface area contributed by atoms with Gasteiger partial charge in [-0.25, -0.2) is 0 Å². The summed E-state index contributed by atoms with van der Waals surface area (Å²) in [7, 11) is 0. The van der Waals surface area contributed by atoms with Gasteiger partial charge in [0.1, 0.15) is 5.75 Å². The Kier molecular flexibility index (Phi) is 6.75. The molecule has 0 atom stereocenters. The molecule has 1 aliphatic rings. The SMILES string of the molecule is CCC(=O)N1CCN(c2ccc(NC(=O)c3ccc(OC(C)C)cc3)cc2)CC1. The van der Waals surface area contributed by atoms with E-state index in [9.17, 15) is 9.59 Å². The van der Waals surface area contributed by atoms with E-state index in [2.05, 4.69) is 10.2 Å². The van der Waals surface area contributed by atoms with Gasteiger partial charge in [0.05, 0.1) is 6.10 Å². The molecule has 3 rings (SSSR count). The number of rotatable bonds is 6. The number of nitrogens with zero attached hydrogens (tertiary/aromatic N) is 2. The fraction of sp³-hybridized carbons (Fsp3) is 0.391. The Morgan fingerprint density at radius 1 is 0.966 bits per heavy atom. The zero-order valence-corrected chi connectivity index (χ0v) is 17.4. The molecule has 2 amide bonds. The lowest BCUT2D eigenvalue weighted by atomic mass is 10.2. The molecule has 1 N–H and O–H groups in total. The quantitative estimate of drug-likeness (QED) is 0.809. The molecule has 0 radical (unpaired) electrons. The number of nitrogens with one attached hydrogen (secondary N) is 1. The Hall–Kier alpha value is -3.02. The first-order valence-electron chi connectivity index (χ1n) is 10.2. The van der Waals surface area contributed by atoms with Crippen LogP contribution >= 0.6 is 0 Å². The lowest BCUT2D eigenvalue weighted by Crippen LogP contribution is -2.48. The third-order valence-corrected chi connectivity index (χ3v) is 4.91. The largest absolute Gasteiger partial charge is 0.491 e. The highest BCUT2D eigenvalue weighted by Crippen LogP contribution is 2.21. The van der Waals surface area contributed by atoms with Crippen molar-refractivity contribution in [2.75, 3.05) is 36.4 Å². The molecule has 1 fully saturated rings. The van der Waals surface area contributed by atoms with Crippen molar-refractivity contribution in [3.8, 4) is 5.75 Å². The number of carbonyl (C=O) groups excluding carboxylic acids is 2. The number of ether oxygens (including phenoxy) is 1. The predicted molar refractivity (Wildman–Crippen MR) is 116 cm³/mol. The summed E-state index contributed by atoms with van der Waals surface area (Å²) in [6.45, 7) is 8.98. The summed E-state index contributed by atoms with van der Waals surface area (Å²) in [6.07, 6.45) is 0.658. The molecule has 2 aromatic rings. The first kappa shape index (κ1) is 20.7. The summed E-state index contributed by atoms with van der Waals surface area (Å²) in [6, 6.07) is 15.0. The van der Waals surface area contributed by atoms with Crippen LogP contribution in [0.5, 0.6) is 5.75 Å². The molecular formula is C23H29N3O3. The van der Waals surface area contributed by atoms with E-state index < -0.39 is 0 Å². The van der Waals surface area contributed by atoms with Gasteiger partial charge in [-0.3, -0.25) is 9.59 Å². The van der Waals surface area contributed by atoms with Crippen LogP contribution in [0.25, 0.3) is 0 Å². The van der Waals surface area contributed by atoms with E-state index in [0.717, 1.165) is 43.3 Å². The molecule has 0 spiro atoms. The van der Waals surface area contributed by atoms with E-state index in [1.807, 2.05) is 49.9 Å². The van der Waals surface area contributed by atoms with Gasteiger partial charge in [0.15, 0.2) is 0 Å². The molecule has 1 heterocycles. The maximum Gasteiger partial charge on any atom is 0.255 e. The topological polar surface area (TPSA) is 61.9 Å². The highest BCUT2D eigenvalue weighted by molar-refractivity contribution is 6.04. The summed E-state index contributed by atoms with van der Waals surface area (Å²) in [4.78, 5) is 28.4. The standard InChI is InChI=1S/C23H29N3O3/c1-4-22(27)26-15-13-25(14-16-26)20-9-7-19(8-10-20)24-23(28)18-5-11-21(12-6-18)29-17(2)3/h5-12,17H,4,13-16H2,1-3H3,(H,24,28). The minimum absolute atomic E-state index is 0.100. The van der Waals surface area contributed by atoms with Crippen LogP contribution in [0.15, 0.2) is 48.5 Å². The molecule has 154 valence electrons. The molecule has 0 unspecified atom stereocenters. The number of anilines is 2. The van der Waals surface area contributed by atoms with E-state index >= 15 is 0 Å². The minimum atomic E-state index is -0.152. The van der Waals surface area contributed by atoms with Crippen LogP contribution in [0.1, 0.15) is 37.6 Å². The van der Waals surface area contributed by atoms with Gasteiger partial charge in [0.2, 0.25) is 5.91 Å². The number of piperazine rings is 1. The molecular weight excluding hydrogens is 366 g/mol. The third kappa shape index (κ3) is 5.50. The van der Waals surface area contributed by atoms with Crippen molar-refractivity contribution >= 4 is 23.2 Å². The number of hydrogen-bond acceptors (Lipinski definition) is 4. The Morgan fingerprint density at radius 3 is 2.14 bits per heavy atom. The fourth-order valence-corrected chi connectivity index (χ4v) is 3.35. The summed E-state index contributed by atoms with van der Waals surface area (Å²) < 4.78 is 5.61. The van der Waals surface area contributed by atoms with Crippen LogP contribution in [0.4, 0.5) is 11.4 Å². The maximum atomic E-state index is 12.5. The van der Waals surface area contributed by atoms with Crippen LogP contribution < -0.4 is 15.0 Å². The van der Waals surface area contributed by atoms with Crippen molar-refractivity contribution in [2.24, 2.45) is 0 Å². The number of amides is 2. The van der Waals surface area contributed by atoms with Crippen LogP contribution in [-0.4, -0.2) is 49.0 Å². The Bertz CT molecular complexity index is 823. The summed E-state index contributed by atoms with van der Waals surface area (Å²) >= 11 is 0. The molecule has 2 aromatic carbocycles. The van der Waals surface area contributed by atoms with Crippen LogP contribution in [0, 0.1) is 0 Å². The highest BCUT2D eigenvalue weighted by Gasteiger charge is 2.20. The molecule has 1 aliphatic heterocycles. The Balaban J connectivity index is 1.55. The number of hydrogen-bond donors (Lipinski definition) is 1. The lowest BCUT2D eigenvalue weighted by Gasteiger charge is -2.36. The van der Waals surface area contributed by atoms with Crippen molar-refractivity contribution in [1.82, 2.24) is 4.90 Å². The molecule has 0 saturated carbocycles. The van der Waals surface area contributed by atoms with E-state index in [1.165, 1.54) is 0 Å².